The second-order valence-corrected chi connectivity index (χ2v) is 6.40. The molecule has 1 heterocycles. The Labute approximate surface area is 159 Å². The van der Waals surface area contributed by atoms with E-state index < -0.39 is 17.6 Å². The number of fused-ring (bicyclic) bond motifs is 2. The molecule has 0 aromatic heterocycles. The molecule has 0 saturated heterocycles. The van der Waals surface area contributed by atoms with Gasteiger partial charge in [0.05, 0.1) is 12.2 Å². The predicted octanol–water partition coefficient (Wildman–Crippen LogP) is 5.75. The molecule has 0 fully saturated rings. The first kappa shape index (κ1) is 18.1. The van der Waals surface area contributed by atoms with Gasteiger partial charge in [0, 0.05) is 22.4 Å². The van der Waals surface area contributed by atoms with Gasteiger partial charge in [-0.05, 0) is 42.0 Å². The Morgan fingerprint density at radius 1 is 1.07 bits per heavy atom. The molecule has 1 aliphatic heterocycles. The van der Waals surface area contributed by atoms with Crippen LogP contribution in [0, 0.1) is 0 Å². The van der Waals surface area contributed by atoms with E-state index in [0.29, 0.717) is 23.5 Å². The summed E-state index contributed by atoms with van der Waals surface area (Å²) >= 11 is 0. The minimum atomic E-state index is -4.47. The monoisotopic (exact) mass is 383 g/mol. The molecule has 142 valence electrons. The summed E-state index contributed by atoms with van der Waals surface area (Å²) in [4.78, 5) is 12.5. The molecule has 1 aliphatic rings. The van der Waals surface area contributed by atoms with Gasteiger partial charge < -0.3 is 10.1 Å². The van der Waals surface area contributed by atoms with E-state index in [1.165, 1.54) is 6.07 Å². The van der Waals surface area contributed by atoms with Crippen molar-refractivity contribution in [2.45, 2.75) is 13.1 Å². The average molecular weight is 383 g/mol. The van der Waals surface area contributed by atoms with E-state index in [-0.39, 0.29) is 5.69 Å². The molecule has 3 aromatic rings. The van der Waals surface area contributed by atoms with Crippen LogP contribution in [0.4, 0.5) is 18.9 Å². The fourth-order valence-electron chi connectivity index (χ4n) is 3.36. The first-order chi connectivity index (χ1) is 13.4. The number of amides is 1. The maximum Gasteiger partial charge on any atom is 0.416 e. The van der Waals surface area contributed by atoms with Crippen LogP contribution in [0.15, 0.2) is 54.6 Å². The Hall–Kier alpha value is -3.28. The van der Waals surface area contributed by atoms with Crippen LogP contribution >= 0.6 is 0 Å². The largest absolute Gasteiger partial charge is 0.493 e. The van der Waals surface area contributed by atoms with Crippen LogP contribution in [0.2, 0.25) is 0 Å². The number of ether oxygens (including phenoxy) is 1. The number of rotatable bonds is 3. The van der Waals surface area contributed by atoms with E-state index in [9.17, 15) is 18.0 Å². The SMILES string of the molecule is CCOc1ccc2ccccc2c1/C=C1\C(=O)Nc2cc(C(F)(F)F)ccc21. The van der Waals surface area contributed by atoms with Crippen molar-refractivity contribution in [2.75, 3.05) is 11.9 Å². The van der Waals surface area contributed by atoms with E-state index in [1.807, 2.05) is 43.3 Å². The number of anilines is 1. The lowest BCUT2D eigenvalue weighted by atomic mass is 9.98. The zero-order valence-electron chi connectivity index (χ0n) is 14.9. The summed E-state index contributed by atoms with van der Waals surface area (Å²) < 4.78 is 44.6. The highest BCUT2D eigenvalue weighted by Gasteiger charge is 2.33. The highest BCUT2D eigenvalue weighted by Crippen LogP contribution is 2.40. The molecule has 28 heavy (non-hydrogen) atoms. The molecule has 6 heteroatoms. The molecule has 0 bridgehead atoms. The van der Waals surface area contributed by atoms with Crippen molar-refractivity contribution in [1.82, 2.24) is 0 Å². The van der Waals surface area contributed by atoms with Crippen molar-refractivity contribution in [2.24, 2.45) is 0 Å². The molecule has 0 atom stereocenters. The maximum absolute atomic E-state index is 13.0. The highest BCUT2D eigenvalue weighted by atomic mass is 19.4. The minimum Gasteiger partial charge on any atom is -0.493 e. The summed E-state index contributed by atoms with van der Waals surface area (Å²) in [5.41, 5.74) is 0.824. The first-order valence-corrected chi connectivity index (χ1v) is 8.77. The van der Waals surface area contributed by atoms with Gasteiger partial charge in [-0.15, -0.1) is 0 Å². The Morgan fingerprint density at radius 3 is 2.61 bits per heavy atom. The van der Waals surface area contributed by atoms with Gasteiger partial charge >= 0.3 is 6.18 Å². The van der Waals surface area contributed by atoms with E-state index in [4.69, 9.17) is 4.74 Å². The number of halogens is 3. The van der Waals surface area contributed by atoms with Gasteiger partial charge in [-0.25, -0.2) is 0 Å². The number of alkyl halides is 3. The number of nitrogens with one attached hydrogen (secondary N) is 1. The van der Waals surface area contributed by atoms with Crippen molar-refractivity contribution in [3.63, 3.8) is 0 Å². The Balaban J connectivity index is 1.89. The highest BCUT2D eigenvalue weighted by molar-refractivity contribution is 6.35. The third-order valence-corrected chi connectivity index (χ3v) is 4.65. The van der Waals surface area contributed by atoms with Crippen LogP contribution in [0.25, 0.3) is 22.4 Å². The number of carbonyl (C=O) groups excluding carboxylic acids is 1. The molecule has 0 aliphatic carbocycles. The second-order valence-electron chi connectivity index (χ2n) is 6.40. The molecule has 0 unspecified atom stereocenters. The van der Waals surface area contributed by atoms with Crippen LogP contribution in [-0.2, 0) is 11.0 Å². The van der Waals surface area contributed by atoms with Gasteiger partial charge in [0.25, 0.3) is 5.91 Å². The fraction of sp³-hybridized carbons (Fsp3) is 0.136. The summed E-state index contributed by atoms with van der Waals surface area (Å²) in [6.45, 7) is 2.31. The number of benzene rings is 3. The summed E-state index contributed by atoms with van der Waals surface area (Å²) in [5.74, 6) is 0.173. The van der Waals surface area contributed by atoms with Gasteiger partial charge in [0.15, 0.2) is 0 Å². The summed E-state index contributed by atoms with van der Waals surface area (Å²) in [5, 5.41) is 4.40. The van der Waals surface area contributed by atoms with Crippen LogP contribution in [0.1, 0.15) is 23.6 Å². The third kappa shape index (κ3) is 3.11. The van der Waals surface area contributed by atoms with Crippen molar-refractivity contribution in [3.05, 3.63) is 71.3 Å². The summed E-state index contributed by atoms with van der Waals surface area (Å²) in [7, 11) is 0. The van der Waals surface area contributed by atoms with Gasteiger partial charge in [0.1, 0.15) is 5.75 Å². The molecule has 0 spiro atoms. The van der Waals surface area contributed by atoms with Crippen molar-refractivity contribution in [3.8, 4) is 5.75 Å². The maximum atomic E-state index is 13.0. The molecular formula is C22H16F3NO2. The van der Waals surface area contributed by atoms with Gasteiger partial charge in [-0.3, -0.25) is 4.79 Å². The van der Waals surface area contributed by atoms with Crippen LogP contribution in [0.5, 0.6) is 5.75 Å². The molecule has 4 rings (SSSR count). The molecule has 0 saturated carbocycles. The molecule has 3 nitrogen and oxygen atoms in total. The van der Waals surface area contributed by atoms with Crippen molar-refractivity contribution in [1.29, 1.82) is 0 Å². The zero-order valence-corrected chi connectivity index (χ0v) is 14.9. The van der Waals surface area contributed by atoms with Gasteiger partial charge in [-0.2, -0.15) is 13.2 Å². The lowest BCUT2D eigenvalue weighted by Crippen LogP contribution is -2.06. The third-order valence-electron chi connectivity index (χ3n) is 4.65. The second kappa shape index (κ2) is 6.71. The lowest BCUT2D eigenvalue weighted by molar-refractivity contribution is -0.137. The van der Waals surface area contributed by atoms with E-state index in [2.05, 4.69) is 5.32 Å². The number of carbonyl (C=O) groups is 1. The summed E-state index contributed by atoms with van der Waals surface area (Å²) in [6, 6.07) is 14.7. The lowest BCUT2D eigenvalue weighted by Gasteiger charge is -2.11. The van der Waals surface area contributed by atoms with Gasteiger partial charge in [0.2, 0.25) is 0 Å². The fourth-order valence-corrected chi connectivity index (χ4v) is 3.36. The van der Waals surface area contributed by atoms with Crippen LogP contribution in [-0.4, -0.2) is 12.5 Å². The number of hydrogen-bond acceptors (Lipinski definition) is 2. The first-order valence-electron chi connectivity index (χ1n) is 8.77. The molecular weight excluding hydrogens is 367 g/mol. The average Bonchev–Trinajstić information content (AvgIpc) is 2.97. The Morgan fingerprint density at radius 2 is 1.86 bits per heavy atom. The Bertz CT molecular complexity index is 1120. The topological polar surface area (TPSA) is 38.3 Å². The Kier molecular flexibility index (Phi) is 4.34. The molecule has 0 radical (unpaired) electrons. The minimum absolute atomic E-state index is 0.157. The smallest absolute Gasteiger partial charge is 0.416 e. The van der Waals surface area contributed by atoms with E-state index in [1.54, 1.807) is 6.08 Å². The molecule has 1 N–H and O–H groups in total. The van der Waals surface area contributed by atoms with Crippen LogP contribution < -0.4 is 10.1 Å². The quantitative estimate of drug-likeness (QED) is 0.585. The van der Waals surface area contributed by atoms with E-state index in [0.717, 1.165) is 28.5 Å². The molecule has 1 amide bonds. The zero-order chi connectivity index (χ0) is 19.9. The molecule has 3 aromatic carbocycles. The predicted molar refractivity (Wildman–Crippen MR) is 103 cm³/mol. The van der Waals surface area contributed by atoms with Gasteiger partial charge in [-0.1, -0.05) is 36.4 Å². The number of hydrogen-bond donors (Lipinski definition) is 1. The normalized spacial score (nSPS) is 15.0. The summed E-state index contributed by atoms with van der Waals surface area (Å²) in [6.07, 6.45) is -2.79. The van der Waals surface area contributed by atoms with Crippen molar-refractivity contribution < 1.29 is 22.7 Å². The van der Waals surface area contributed by atoms with Crippen molar-refractivity contribution >= 4 is 34.0 Å². The van der Waals surface area contributed by atoms with Crippen LogP contribution in [0.3, 0.4) is 0 Å². The van der Waals surface area contributed by atoms with E-state index >= 15 is 0 Å². The standard InChI is InChI=1S/C22H16F3NO2/c1-2-28-20-10-7-13-5-3-4-6-15(13)17(20)12-18-16-9-8-14(22(23,24)25)11-19(16)26-21(18)27/h3-12H,2H2,1H3,(H,26,27)/b18-12-.